The number of aromatic nitrogens is 4. The van der Waals surface area contributed by atoms with E-state index in [0.29, 0.717) is 10.8 Å². The third-order valence-electron chi connectivity index (χ3n) is 5.08. The third-order valence-corrected chi connectivity index (χ3v) is 5.33. The fourth-order valence-electron chi connectivity index (χ4n) is 3.54. The number of fused-ring (bicyclic) bond motifs is 3. The minimum absolute atomic E-state index is 0.0845. The van der Waals surface area contributed by atoms with Gasteiger partial charge in [-0.25, -0.2) is 0 Å². The molecular formula is C20H20ClN5O2. The number of ether oxygens (including phenoxy) is 1. The fraction of sp³-hybridized carbons (Fsp3) is 0.300. The van der Waals surface area contributed by atoms with Gasteiger partial charge in [-0.2, -0.15) is 0 Å². The Morgan fingerprint density at radius 1 is 1.21 bits per heavy atom. The van der Waals surface area contributed by atoms with Gasteiger partial charge in [-0.05, 0) is 26.0 Å². The number of carbonyl (C=O) groups excluding carboxylic acids is 1. The van der Waals surface area contributed by atoms with E-state index in [9.17, 15) is 4.79 Å². The molecule has 0 saturated carbocycles. The van der Waals surface area contributed by atoms with Crippen molar-refractivity contribution in [2.24, 2.45) is 12.0 Å². The highest BCUT2D eigenvalue weighted by Gasteiger charge is 2.32. The number of benzene rings is 1. The lowest BCUT2D eigenvalue weighted by Crippen LogP contribution is -2.12. The summed E-state index contributed by atoms with van der Waals surface area (Å²) in [5, 5.41) is 9.22. The van der Waals surface area contributed by atoms with Crippen molar-refractivity contribution in [2.75, 3.05) is 7.11 Å². The van der Waals surface area contributed by atoms with Crippen molar-refractivity contribution in [3.63, 3.8) is 0 Å². The van der Waals surface area contributed by atoms with Crippen LogP contribution in [0.3, 0.4) is 0 Å². The van der Waals surface area contributed by atoms with E-state index in [0.717, 1.165) is 34.0 Å². The van der Waals surface area contributed by atoms with Gasteiger partial charge in [0.2, 0.25) is 0 Å². The van der Waals surface area contributed by atoms with Crippen LogP contribution in [0.25, 0.3) is 5.69 Å². The predicted octanol–water partition coefficient (Wildman–Crippen LogP) is 3.33. The number of hydrogen-bond acceptors (Lipinski definition) is 5. The molecule has 0 N–H and O–H groups in total. The Morgan fingerprint density at radius 3 is 2.61 bits per heavy atom. The van der Waals surface area contributed by atoms with Crippen molar-refractivity contribution in [1.29, 1.82) is 0 Å². The highest BCUT2D eigenvalue weighted by atomic mass is 35.5. The zero-order valence-electron chi connectivity index (χ0n) is 16.1. The van der Waals surface area contributed by atoms with Crippen molar-refractivity contribution in [2.45, 2.75) is 26.3 Å². The zero-order chi connectivity index (χ0) is 20.0. The van der Waals surface area contributed by atoms with E-state index in [1.807, 2.05) is 55.9 Å². The third kappa shape index (κ3) is 2.92. The highest BCUT2D eigenvalue weighted by Crippen LogP contribution is 2.34. The molecule has 0 saturated heterocycles. The zero-order valence-corrected chi connectivity index (χ0v) is 16.9. The summed E-state index contributed by atoms with van der Waals surface area (Å²) in [5.41, 5.74) is 4.70. The molecule has 0 unspecified atom stereocenters. The number of esters is 1. The fourth-order valence-corrected chi connectivity index (χ4v) is 3.67. The molecule has 0 spiro atoms. The van der Waals surface area contributed by atoms with E-state index >= 15 is 0 Å². The molecule has 28 heavy (non-hydrogen) atoms. The van der Waals surface area contributed by atoms with E-state index < -0.39 is 6.04 Å². The molecule has 144 valence electrons. The average molecular weight is 398 g/mol. The van der Waals surface area contributed by atoms with E-state index in [1.165, 1.54) is 7.11 Å². The summed E-state index contributed by atoms with van der Waals surface area (Å²) >= 11 is 6.08. The lowest BCUT2D eigenvalue weighted by atomic mass is 10.0. The SMILES string of the molecule is COC(=O)C[C@@H]1N=C(c2ccc(Cl)cc2)c2c(cn(C)c2C)-n2c(C)nnc21. The monoisotopic (exact) mass is 397 g/mol. The lowest BCUT2D eigenvalue weighted by Gasteiger charge is -2.12. The molecule has 1 aliphatic heterocycles. The number of aliphatic imine (C=N–C) groups is 1. The van der Waals surface area contributed by atoms with Crippen LogP contribution < -0.4 is 0 Å². The first-order valence-corrected chi connectivity index (χ1v) is 9.27. The van der Waals surface area contributed by atoms with Gasteiger partial charge in [-0.3, -0.25) is 14.4 Å². The van der Waals surface area contributed by atoms with Crippen molar-refractivity contribution in [3.05, 3.63) is 64.0 Å². The Hall–Kier alpha value is -2.93. The first-order chi connectivity index (χ1) is 13.4. The molecule has 8 heteroatoms. The van der Waals surface area contributed by atoms with Gasteiger partial charge in [0.1, 0.15) is 11.9 Å². The molecule has 0 radical (unpaired) electrons. The molecule has 0 aliphatic carbocycles. The van der Waals surface area contributed by atoms with Gasteiger partial charge in [-0.15, -0.1) is 10.2 Å². The predicted molar refractivity (Wildman–Crippen MR) is 106 cm³/mol. The molecule has 7 nitrogen and oxygen atoms in total. The second-order valence-corrected chi connectivity index (χ2v) is 7.24. The average Bonchev–Trinajstić information content (AvgIpc) is 3.15. The standard InChI is InChI=1S/C20H20ClN5O2/c1-11-18-16(10-25(11)3)26-12(2)23-24-20(26)15(9-17(27)28-4)22-19(18)13-5-7-14(21)8-6-13/h5-8,10,15H,9H2,1-4H3/t15-/m0/s1. The lowest BCUT2D eigenvalue weighted by molar-refractivity contribution is -0.141. The van der Waals surface area contributed by atoms with Gasteiger partial charge >= 0.3 is 5.97 Å². The summed E-state index contributed by atoms with van der Waals surface area (Å²) in [6.07, 6.45) is 2.12. The number of carbonyl (C=O) groups is 1. The van der Waals surface area contributed by atoms with Crippen LogP contribution in [0.4, 0.5) is 0 Å². The molecule has 4 rings (SSSR count). The van der Waals surface area contributed by atoms with Crippen LogP contribution in [-0.2, 0) is 16.6 Å². The molecule has 3 heterocycles. The van der Waals surface area contributed by atoms with E-state index in [2.05, 4.69) is 14.8 Å². The molecule has 0 bridgehead atoms. The first kappa shape index (κ1) is 18.4. The summed E-state index contributed by atoms with van der Waals surface area (Å²) in [5.74, 6) is 1.02. The van der Waals surface area contributed by atoms with Gasteiger partial charge in [-0.1, -0.05) is 23.7 Å². The minimum atomic E-state index is -0.503. The van der Waals surface area contributed by atoms with Gasteiger partial charge in [0.25, 0.3) is 0 Å². The van der Waals surface area contributed by atoms with Gasteiger partial charge in [0.05, 0.1) is 24.9 Å². The number of methoxy groups -OCH3 is 1. The second kappa shape index (κ2) is 6.91. The Balaban J connectivity index is 2.01. The van der Waals surface area contributed by atoms with Crippen LogP contribution >= 0.6 is 11.6 Å². The van der Waals surface area contributed by atoms with Crippen LogP contribution in [0.5, 0.6) is 0 Å². The summed E-state index contributed by atoms with van der Waals surface area (Å²) in [7, 11) is 3.37. The number of aryl methyl sites for hydroxylation is 2. The van der Waals surface area contributed by atoms with Crippen LogP contribution in [0.15, 0.2) is 35.5 Å². The van der Waals surface area contributed by atoms with Crippen LogP contribution in [0.1, 0.15) is 40.9 Å². The summed E-state index contributed by atoms with van der Waals surface area (Å²) < 4.78 is 8.92. The maximum atomic E-state index is 12.1. The summed E-state index contributed by atoms with van der Waals surface area (Å²) in [6.45, 7) is 3.94. The van der Waals surface area contributed by atoms with Crippen molar-refractivity contribution in [3.8, 4) is 5.69 Å². The first-order valence-electron chi connectivity index (χ1n) is 8.89. The van der Waals surface area contributed by atoms with Crippen LogP contribution in [0.2, 0.25) is 5.02 Å². The number of nitrogens with zero attached hydrogens (tertiary/aromatic N) is 5. The largest absolute Gasteiger partial charge is 0.469 e. The molecule has 0 fully saturated rings. The minimum Gasteiger partial charge on any atom is -0.469 e. The molecule has 0 amide bonds. The molecule has 1 aliphatic rings. The van der Waals surface area contributed by atoms with Crippen molar-refractivity contribution < 1.29 is 9.53 Å². The van der Waals surface area contributed by atoms with Crippen LogP contribution in [-0.4, -0.2) is 38.1 Å². The molecule has 3 aromatic rings. The second-order valence-electron chi connectivity index (χ2n) is 6.81. The van der Waals surface area contributed by atoms with E-state index in [1.54, 1.807) is 0 Å². The Labute approximate surface area is 167 Å². The van der Waals surface area contributed by atoms with Gasteiger partial charge in [0.15, 0.2) is 5.82 Å². The number of halogens is 1. The summed E-state index contributed by atoms with van der Waals surface area (Å²) in [6, 6.07) is 7.04. The van der Waals surface area contributed by atoms with E-state index in [-0.39, 0.29) is 12.4 Å². The summed E-state index contributed by atoms with van der Waals surface area (Å²) in [4.78, 5) is 17.0. The molecule has 2 aromatic heterocycles. The van der Waals surface area contributed by atoms with Gasteiger partial charge in [0, 0.05) is 35.1 Å². The maximum Gasteiger partial charge on any atom is 0.308 e. The molecule has 1 aromatic carbocycles. The topological polar surface area (TPSA) is 74.3 Å². The maximum absolute atomic E-state index is 12.1. The molecular weight excluding hydrogens is 378 g/mol. The van der Waals surface area contributed by atoms with Crippen molar-refractivity contribution in [1.82, 2.24) is 19.3 Å². The Bertz CT molecular complexity index is 1090. The molecule has 1 atom stereocenters. The number of hydrogen-bond donors (Lipinski definition) is 0. The quantitative estimate of drug-likeness (QED) is 0.635. The number of rotatable bonds is 3. The smallest absolute Gasteiger partial charge is 0.308 e. The highest BCUT2D eigenvalue weighted by molar-refractivity contribution is 6.30. The van der Waals surface area contributed by atoms with Crippen LogP contribution in [0, 0.1) is 13.8 Å². The van der Waals surface area contributed by atoms with E-state index in [4.69, 9.17) is 21.3 Å². The van der Waals surface area contributed by atoms with Crippen molar-refractivity contribution >= 4 is 23.3 Å². The van der Waals surface area contributed by atoms with Gasteiger partial charge < -0.3 is 9.30 Å². The Morgan fingerprint density at radius 2 is 1.93 bits per heavy atom. The normalized spacial score (nSPS) is 15.5. The Kier molecular flexibility index (Phi) is 4.55.